The van der Waals surface area contributed by atoms with E-state index in [-0.39, 0.29) is 17.9 Å². The van der Waals surface area contributed by atoms with Gasteiger partial charge in [0.05, 0.1) is 12.2 Å². The van der Waals surface area contributed by atoms with Gasteiger partial charge in [-0.05, 0) is 55.4 Å². The number of para-hydroxylation sites is 1. The van der Waals surface area contributed by atoms with Crippen molar-refractivity contribution in [2.75, 3.05) is 6.61 Å². The Bertz CT molecular complexity index is 901. The number of unbranched alkanes of at least 4 members (excludes halogenated alkanes) is 5. The number of benzene rings is 2. The SMILES string of the molecule is CCCCCCCOc1ccccc1/C=C/C(CCCCC(=O)O)Cc1ccc(C(=O)O)cc1. The molecule has 0 aliphatic heterocycles. The molecule has 5 nitrogen and oxygen atoms in total. The van der Waals surface area contributed by atoms with Gasteiger partial charge in [-0.1, -0.05) is 81.5 Å². The van der Waals surface area contributed by atoms with Gasteiger partial charge >= 0.3 is 11.9 Å². The van der Waals surface area contributed by atoms with Crippen molar-refractivity contribution in [2.24, 2.45) is 5.92 Å². The summed E-state index contributed by atoms with van der Waals surface area (Å²) in [7, 11) is 0. The maximum atomic E-state index is 11.1. The lowest BCUT2D eigenvalue weighted by atomic mass is 9.92. The molecule has 0 saturated carbocycles. The third kappa shape index (κ3) is 10.7. The summed E-state index contributed by atoms with van der Waals surface area (Å²) >= 11 is 0. The normalized spacial score (nSPS) is 12.0. The van der Waals surface area contributed by atoms with Crippen LogP contribution in [0.15, 0.2) is 54.6 Å². The van der Waals surface area contributed by atoms with Crippen LogP contribution in [0.1, 0.15) is 86.2 Å². The van der Waals surface area contributed by atoms with Crippen LogP contribution >= 0.6 is 0 Å². The van der Waals surface area contributed by atoms with Crippen LogP contribution < -0.4 is 4.74 Å². The zero-order valence-electron chi connectivity index (χ0n) is 20.2. The lowest BCUT2D eigenvalue weighted by molar-refractivity contribution is -0.137. The Morgan fingerprint density at radius 3 is 2.35 bits per heavy atom. The number of aliphatic carboxylic acids is 1. The van der Waals surface area contributed by atoms with E-state index in [2.05, 4.69) is 19.1 Å². The van der Waals surface area contributed by atoms with Gasteiger partial charge in [0.1, 0.15) is 5.75 Å². The van der Waals surface area contributed by atoms with Crippen molar-refractivity contribution < 1.29 is 24.5 Å². The van der Waals surface area contributed by atoms with E-state index >= 15 is 0 Å². The average Bonchev–Trinajstić information content (AvgIpc) is 2.83. The Morgan fingerprint density at radius 1 is 0.912 bits per heavy atom. The van der Waals surface area contributed by atoms with Crippen molar-refractivity contribution in [1.29, 1.82) is 0 Å². The zero-order valence-corrected chi connectivity index (χ0v) is 20.2. The second kappa shape index (κ2) is 15.7. The molecule has 0 fully saturated rings. The van der Waals surface area contributed by atoms with E-state index in [0.717, 1.165) is 42.6 Å². The summed E-state index contributed by atoms with van der Waals surface area (Å²) < 4.78 is 6.06. The Labute approximate surface area is 203 Å². The number of hydrogen-bond acceptors (Lipinski definition) is 3. The van der Waals surface area contributed by atoms with E-state index in [1.54, 1.807) is 12.1 Å². The molecular weight excluding hydrogens is 428 g/mol. The van der Waals surface area contributed by atoms with Gasteiger partial charge in [-0.25, -0.2) is 4.79 Å². The van der Waals surface area contributed by atoms with Crippen molar-refractivity contribution in [3.05, 3.63) is 71.3 Å². The van der Waals surface area contributed by atoms with Crippen LogP contribution in [0, 0.1) is 5.92 Å². The molecule has 1 unspecified atom stereocenters. The van der Waals surface area contributed by atoms with Crippen LogP contribution in [0.3, 0.4) is 0 Å². The summed E-state index contributed by atoms with van der Waals surface area (Å²) in [4.78, 5) is 22.0. The fourth-order valence-corrected chi connectivity index (χ4v) is 3.91. The highest BCUT2D eigenvalue weighted by Gasteiger charge is 2.10. The summed E-state index contributed by atoms with van der Waals surface area (Å²) in [5.74, 6) is -0.605. The molecule has 0 aromatic heterocycles. The predicted octanol–water partition coefficient (Wildman–Crippen LogP) is 7.25. The van der Waals surface area contributed by atoms with Gasteiger partial charge in [-0.15, -0.1) is 0 Å². The highest BCUT2D eigenvalue weighted by molar-refractivity contribution is 5.87. The van der Waals surface area contributed by atoms with Crippen LogP contribution in [0.4, 0.5) is 0 Å². The van der Waals surface area contributed by atoms with Gasteiger partial charge in [-0.2, -0.15) is 0 Å². The van der Waals surface area contributed by atoms with Crippen molar-refractivity contribution in [3.8, 4) is 5.75 Å². The van der Waals surface area contributed by atoms with Gasteiger partial charge in [-0.3, -0.25) is 4.79 Å². The minimum atomic E-state index is -0.932. The molecule has 5 heteroatoms. The minimum absolute atomic E-state index is 0.179. The first-order valence-corrected chi connectivity index (χ1v) is 12.4. The summed E-state index contributed by atoms with van der Waals surface area (Å²) in [6.45, 7) is 2.92. The fraction of sp³-hybridized carbons (Fsp3) is 0.448. The highest BCUT2D eigenvalue weighted by Crippen LogP contribution is 2.24. The lowest BCUT2D eigenvalue weighted by Gasteiger charge is -2.14. The summed E-state index contributed by atoms with van der Waals surface area (Å²) in [5, 5.41) is 18.0. The molecule has 1 atom stereocenters. The van der Waals surface area contributed by atoms with Gasteiger partial charge in [0.2, 0.25) is 0 Å². The third-order valence-corrected chi connectivity index (χ3v) is 5.89. The maximum absolute atomic E-state index is 11.1. The summed E-state index contributed by atoms with van der Waals surface area (Å²) in [5.41, 5.74) is 2.38. The molecule has 0 aliphatic carbocycles. The van der Waals surface area contributed by atoms with E-state index in [4.69, 9.17) is 14.9 Å². The van der Waals surface area contributed by atoms with Crippen LogP contribution in [-0.2, 0) is 11.2 Å². The monoisotopic (exact) mass is 466 g/mol. The molecule has 0 amide bonds. The number of hydrogen-bond donors (Lipinski definition) is 2. The van der Waals surface area contributed by atoms with Gasteiger partial charge in [0.15, 0.2) is 0 Å². The molecule has 2 rings (SSSR count). The summed E-state index contributed by atoms with van der Waals surface area (Å²) in [6, 6.07) is 15.0. The standard InChI is InChI=1S/C29H38O5/c1-2-3-4-5-10-21-34-27-13-8-7-12-25(27)18-15-23(11-6-9-14-28(30)31)22-24-16-19-26(20-17-24)29(32)33/h7-8,12-13,15-20,23H,2-6,9-11,14,21-22H2,1H3,(H,30,31)(H,32,33)/b18-15+. The van der Waals surface area contributed by atoms with E-state index in [1.165, 1.54) is 25.7 Å². The molecule has 2 aromatic carbocycles. The minimum Gasteiger partial charge on any atom is -0.493 e. The maximum Gasteiger partial charge on any atom is 0.335 e. The second-order valence-corrected chi connectivity index (χ2v) is 8.77. The first kappa shape index (κ1) is 27.2. The molecule has 0 bridgehead atoms. The number of aromatic carboxylic acids is 1. The molecular formula is C29H38O5. The van der Waals surface area contributed by atoms with Crippen molar-refractivity contribution in [3.63, 3.8) is 0 Å². The van der Waals surface area contributed by atoms with Crippen LogP contribution in [0.2, 0.25) is 0 Å². The average molecular weight is 467 g/mol. The third-order valence-electron chi connectivity index (χ3n) is 5.89. The molecule has 0 heterocycles. The smallest absolute Gasteiger partial charge is 0.335 e. The van der Waals surface area contributed by atoms with E-state index in [1.807, 2.05) is 36.4 Å². The van der Waals surface area contributed by atoms with Crippen molar-refractivity contribution >= 4 is 18.0 Å². The number of ether oxygens (including phenoxy) is 1. The molecule has 2 aromatic rings. The molecule has 184 valence electrons. The second-order valence-electron chi connectivity index (χ2n) is 8.77. The molecule has 0 aliphatic rings. The molecule has 34 heavy (non-hydrogen) atoms. The number of rotatable bonds is 17. The number of carboxylic acids is 2. The van der Waals surface area contributed by atoms with Crippen molar-refractivity contribution in [1.82, 2.24) is 0 Å². The molecule has 0 radical (unpaired) electrons. The van der Waals surface area contributed by atoms with Gasteiger partial charge in [0.25, 0.3) is 0 Å². The van der Waals surface area contributed by atoms with E-state index in [0.29, 0.717) is 13.0 Å². The first-order chi connectivity index (χ1) is 16.5. The number of carboxylic acid groups (broad SMARTS) is 2. The predicted molar refractivity (Wildman–Crippen MR) is 136 cm³/mol. The Morgan fingerprint density at radius 2 is 1.65 bits per heavy atom. The Balaban J connectivity index is 2.03. The van der Waals surface area contributed by atoms with Crippen LogP contribution in [0.25, 0.3) is 6.08 Å². The quantitative estimate of drug-likeness (QED) is 0.240. The van der Waals surface area contributed by atoms with Gasteiger partial charge in [0, 0.05) is 12.0 Å². The van der Waals surface area contributed by atoms with Crippen LogP contribution in [-0.4, -0.2) is 28.8 Å². The zero-order chi connectivity index (χ0) is 24.6. The first-order valence-electron chi connectivity index (χ1n) is 12.4. The Kier molecular flexibility index (Phi) is 12.5. The molecule has 0 spiro atoms. The lowest BCUT2D eigenvalue weighted by Crippen LogP contribution is -2.04. The van der Waals surface area contributed by atoms with Gasteiger partial charge < -0.3 is 14.9 Å². The number of carbonyl (C=O) groups is 2. The van der Waals surface area contributed by atoms with E-state index in [9.17, 15) is 9.59 Å². The van der Waals surface area contributed by atoms with E-state index < -0.39 is 11.9 Å². The topological polar surface area (TPSA) is 83.8 Å². The van der Waals surface area contributed by atoms with Crippen LogP contribution in [0.5, 0.6) is 5.75 Å². The largest absolute Gasteiger partial charge is 0.493 e. The fourth-order valence-electron chi connectivity index (χ4n) is 3.91. The Hall–Kier alpha value is -3.08. The molecule has 2 N–H and O–H groups in total. The summed E-state index contributed by atoms with van der Waals surface area (Å²) in [6.07, 6.45) is 13.5. The highest BCUT2D eigenvalue weighted by atomic mass is 16.5. The number of allylic oxidation sites excluding steroid dienone is 1. The molecule has 0 saturated heterocycles. The van der Waals surface area contributed by atoms with Crippen molar-refractivity contribution in [2.45, 2.75) is 71.1 Å².